The van der Waals surface area contributed by atoms with Gasteiger partial charge in [0.05, 0.1) is 25.8 Å². The zero-order valence-corrected chi connectivity index (χ0v) is 19.4. The fraction of sp³-hybridized carbons (Fsp3) is 0.222. The zero-order chi connectivity index (χ0) is 25.9. The predicted molar refractivity (Wildman–Crippen MR) is 119 cm³/mol. The van der Waals surface area contributed by atoms with E-state index in [4.69, 9.17) is 14.3 Å². The van der Waals surface area contributed by atoms with Crippen molar-refractivity contribution in [1.82, 2.24) is 19.6 Å². The molecule has 1 aromatic heterocycles. The molecule has 0 atom stereocenters. The van der Waals surface area contributed by atoms with Crippen LogP contribution in [0.3, 0.4) is 0 Å². The average molecular weight is 497 g/mol. The lowest BCUT2D eigenvalue weighted by atomic mass is 10.2. The first-order valence-corrected chi connectivity index (χ1v) is 10.5. The lowest BCUT2D eigenvalue weighted by Crippen LogP contribution is -2.36. The van der Waals surface area contributed by atoms with E-state index in [9.17, 15) is 22.8 Å². The number of methoxy groups -OCH3 is 2. The van der Waals surface area contributed by atoms with Crippen molar-refractivity contribution < 1.29 is 37.1 Å². The van der Waals surface area contributed by atoms with Gasteiger partial charge in [-0.05, 0) is 18.2 Å². The molecule has 34 heavy (non-hydrogen) atoms. The van der Waals surface area contributed by atoms with Crippen LogP contribution >= 0.6 is 0 Å². The SMILES string of the molecule is COc1cc(OC)nc(NC(=O)NS(=O)(=O)c2cc(NC=O)ccc2C(=O)N(C)C)n1.NC=O. The Labute approximate surface area is 194 Å². The van der Waals surface area contributed by atoms with Gasteiger partial charge in [-0.15, -0.1) is 0 Å². The molecule has 15 nitrogen and oxygen atoms in total. The Balaban J connectivity index is 0.00000182. The van der Waals surface area contributed by atoms with Crippen molar-refractivity contribution in [2.45, 2.75) is 4.90 Å². The first kappa shape index (κ1) is 27.6. The number of amides is 5. The second kappa shape index (κ2) is 12.5. The highest BCUT2D eigenvalue weighted by molar-refractivity contribution is 7.90. The van der Waals surface area contributed by atoms with Crippen molar-refractivity contribution in [3.05, 3.63) is 29.8 Å². The maximum Gasteiger partial charge on any atom is 0.335 e. The van der Waals surface area contributed by atoms with Crippen LogP contribution < -0.4 is 30.6 Å². The third kappa shape index (κ3) is 7.59. The number of hydrogen-bond acceptors (Lipinski definition) is 10. The fourth-order valence-corrected chi connectivity index (χ4v) is 3.43. The molecule has 1 heterocycles. The van der Waals surface area contributed by atoms with E-state index in [0.29, 0.717) is 6.41 Å². The Morgan fingerprint density at radius 3 is 2.09 bits per heavy atom. The number of anilines is 2. The van der Waals surface area contributed by atoms with E-state index in [1.54, 1.807) is 4.72 Å². The number of urea groups is 1. The monoisotopic (exact) mass is 497 g/mol. The highest BCUT2D eigenvalue weighted by atomic mass is 32.2. The van der Waals surface area contributed by atoms with Crippen molar-refractivity contribution in [3.63, 3.8) is 0 Å². The maximum atomic E-state index is 12.8. The van der Waals surface area contributed by atoms with Crippen molar-refractivity contribution in [2.24, 2.45) is 5.73 Å². The number of hydrogen-bond donors (Lipinski definition) is 4. The molecule has 0 saturated carbocycles. The quantitative estimate of drug-likeness (QED) is 0.339. The van der Waals surface area contributed by atoms with Crippen LogP contribution in [0, 0.1) is 0 Å². The third-order valence-corrected chi connectivity index (χ3v) is 5.05. The van der Waals surface area contributed by atoms with Crippen molar-refractivity contribution >= 4 is 46.4 Å². The molecule has 0 fully saturated rings. The molecule has 0 radical (unpaired) electrons. The number of carbonyl (C=O) groups is 4. The molecule has 1 aromatic carbocycles. The molecular weight excluding hydrogens is 474 g/mol. The Morgan fingerprint density at radius 2 is 1.62 bits per heavy atom. The normalized spacial score (nSPS) is 10.0. The molecule has 184 valence electrons. The van der Waals surface area contributed by atoms with E-state index >= 15 is 0 Å². The van der Waals surface area contributed by atoms with Gasteiger partial charge in [0.1, 0.15) is 4.90 Å². The maximum absolute atomic E-state index is 12.8. The molecule has 16 heteroatoms. The number of carbonyl (C=O) groups excluding carboxylic acids is 4. The molecule has 0 unspecified atom stereocenters. The van der Waals surface area contributed by atoms with E-state index in [-0.39, 0.29) is 35.4 Å². The van der Waals surface area contributed by atoms with Crippen LogP contribution in [0.1, 0.15) is 10.4 Å². The Hall–Kier alpha value is -4.47. The molecule has 2 aromatic rings. The van der Waals surface area contributed by atoms with Gasteiger partial charge < -0.3 is 25.4 Å². The van der Waals surface area contributed by atoms with E-state index in [1.165, 1.54) is 46.5 Å². The van der Waals surface area contributed by atoms with Crippen LogP contribution in [0.2, 0.25) is 0 Å². The van der Waals surface area contributed by atoms with Crippen molar-refractivity contribution in [3.8, 4) is 11.8 Å². The fourth-order valence-electron chi connectivity index (χ4n) is 2.29. The highest BCUT2D eigenvalue weighted by Crippen LogP contribution is 2.22. The predicted octanol–water partition coefficient (Wildman–Crippen LogP) is -0.624. The number of nitrogens with zero attached hydrogens (tertiary/aromatic N) is 3. The second-order valence-electron chi connectivity index (χ2n) is 6.14. The Kier molecular flexibility index (Phi) is 10.2. The van der Waals surface area contributed by atoms with E-state index in [2.05, 4.69) is 26.3 Å². The summed E-state index contributed by atoms with van der Waals surface area (Å²) in [7, 11) is 0.991. The summed E-state index contributed by atoms with van der Waals surface area (Å²) in [6.45, 7) is 0. The lowest BCUT2D eigenvalue weighted by molar-refractivity contribution is -0.107. The van der Waals surface area contributed by atoms with Crippen LogP contribution in [0.4, 0.5) is 16.4 Å². The van der Waals surface area contributed by atoms with Crippen LogP contribution in [-0.2, 0) is 19.6 Å². The number of nitrogens with one attached hydrogen (secondary N) is 3. The number of sulfonamides is 1. The summed E-state index contributed by atoms with van der Waals surface area (Å²) in [4.78, 5) is 52.3. The molecule has 0 spiro atoms. The number of benzene rings is 1. The molecule has 5 amide bonds. The number of rotatable bonds is 8. The van der Waals surface area contributed by atoms with Gasteiger partial charge in [-0.25, -0.2) is 17.9 Å². The molecule has 0 saturated heterocycles. The van der Waals surface area contributed by atoms with Gasteiger partial charge in [0.15, 0.2) is 0 Å². The summed E-state index contributed by atoms with van der Waals surface area (Å²) in [5.74, 6) is -0.780. The minimum atomic E-state index is -4.54. The van der Waals surface area contributed by atoms with E-state index in [1.807, 2.05) is 0 Å². The van der Waals surface area contributed by atoms with E-state index < -0.39 is 26.9 Å². The summed E-state index contributed by atoms with van der Waals surface area (Å²) < 4.78 is 37.3. The highest BCUT2D eigenvalue weighted by Gasteiger charge is 2.26. The smallest absolute Gasteiger partial charge is 0.335 e. The van der Waals surface area contributed by atoms with Gasteiger partial charge in [0, 0.05) is 19.8 Å². The van der Waals surface area contributed by atoms with Crippen LogP contribution in [0.5, 0.6) is 11.8 Å². The summed E-state index contributed by atoms with van der Waals surface area (Å²) >= 11 is 0. The first-order chi connectivity index (χ1) is 16.0. The minimum absolute atomic E-state index is 0.0662. The van der Waals surface area contributed by atoms with Crippen molar-refractivity contribution in [1.29, 1.82) is 0 Å². The topological polar surface area (TPSA) is 212 Å². The number of ether oxygens (including phenoxy) is 2. The summed E-state index contributed by atoms with van der Waals surface area (Å²) in [6.07, 6.45) is 0.590. The molecule has 0 aliphatic heterocycles. The molecule has 0 bridgehead atoms. The largest absolute Gasteiger partial charge is 0.481 e. The molecule has 5 N–H and O–H groups in total. The van der Waals surface area contributed by atoms with E-state index in [0.717, 1.165) is 11.0 Å². The number of aromatic nitrogens is 2. The summed E-state index contributed by atoms with van der Waals surface area (Å²) in [5, 5.41) is 4.44. The lowest BCUT2D eigenvalue weighted by Gasteiger charge is -2.16. The second-order valence-corrected chi connectivity index (χ2v) is 7.80. The number of primary amides is 1. The van der Waals surface area contributed by atoms with Crippen LogP contribution in [0.15, 0.2) is 29.2 Å². The van der Waals surface area contributed by atoms with Gasteiger partial charge in [-0.2, -0.15) is 9.97 Å². The van der Waals surface area contributed by atoms with Gasteiger partial charge in [-0.1, -0.05) is 0 Å². The van der Waals surface area contributed by atoms with Gasteiger partial charge >= 0.3 is 6.03 Å². The van der Waals surface area contributed by atoms with Crippen molar-refractivity contribution in [2.75, 3.05) is 38.9 Å². The molecule has 0 aliphatic carbocycles. The minimum Gasteiger partial charge on any atom is -0.481 e. The Bertz CT molecular complexity index is 1130. The van der Waals surface area contributed by atoms with Crippen LogP contribution in [-0.4, -0.2) is 76.4 Å². The number of nitrogens with two attached hydrogens (primary N) is 1. The average Bonchev–Trinajstić information content (AvgIpc) is 2.78. The van der Waals surface area contributed by atoms with Gasteiger partial charge in [0.25, 0.3) is 15.9 Å². The summed E-state index contributed by atoms with van der Waals surface area (Å²) in [6, 6.07) is 3.76. The third-order valence-electron chi connectivity index (χ3n) is 3.68. The zero-order valence-electron chi connectivity index (χ0n) is 18.6. The van der Waals surface area contributed by atoms with Crippen LogP contribution in [0.25, 0.3) is 0 Å². The van der Waals surface area contributed by atoms with Gasteiger partial charge in [0.2, 0.25) is 30.5 Å². The van der Waals surface area contributed by atoms with Gasteiger partial charge in [-0.3, -0.25) is 19.7 Å². The standard InChI is InChI=1S/C17H20N6O7S.CH3NO/c1-23(2)15(25)11-6-5-10(18-9-24)7-12(11)31(27,28)22-17(26)21-16-19-13(29-3)8-14(20-16)30-4;2-1-3/h5-9H,1-4H3,(H,18,24)(H2,19,20,21,22,26);1H,(H2,2,3). The Morgan fingerprint density at radius 1 is 1.06 bits per heavy atom. The first-order valence-electron chi connectivity index (χ1n) is 9.05. The molecule has 0 aliphatic rings. The summed E-state index contributed by atoms with van der Waals surface area (Å²) in [5.41, 5.74) is 4.06. The molecule has 2 rings (SSSR count). The molecular formula is C18H23N7O8S.